The molecule has 0 saturated carbocycles. The first-order valence-electron chi connectivity index (χ1n) is 5.77. The van der Waals surface area contributed by atoms with E-state index in [1.807, 2.05) is 25.1 Å². The van der Waals surface area contributed by atoms with Crippen molar-refractivity contribution in [1.82, 2.24) is 0 Å². The molecule has 2 aromatic carbocycles. The molecule has 0 aromatic heterocycles. The molecule has 0 heterocycles. The zero-order valence-electron chi connectivity index (χ0n) is 10.8. The van der Waals surface area contributed by atoms with Gasteiger partial charge in [-0.3, -0.25) is 10.1 Å². The largest absolute Gasteiger partial charge is 0.456 e. The van der Waals surface area contributed by atoms with Crippen molar-refractivity contribution >= 4 is 33.2 Å². The first kappa shape index (κ1) is 14.8. The van der Waals surface area contributed by atoms with Crippen molar-refractivity contribution in [2.75, 3.05) is 0 Å². The number of nitrogens with zero attached hydrogens (tertiary/aromatic N) is 1. The minimum atomic E-state index is -0.513. The summed E-state index contributed by atoms with van der Waals surface area (Å²) in [6.45, 7) is 3.71. The van der Waals surface area contributed by atoms with Gasteiger partial charge in [0.25, 0.3) is 5.69 Å². The van der Waals surface area contributed by atoms with Gasteiger partial charge >= 0.3 is 0 Å². The molecule has 0 aliphatic heterocycles. The van der Waals surface area contributed by atoms with Crippen molar-refractivity contribution in [2.45, 2.75) is 13.8 Å². The van der Waals surface area contributed by atoms with Gasteiger partial charge in [0.1, 0.15) is 16.5 Å². The first-order chi connectivity index (χ1) is 9.38. The maximum atomic E-state index is 10.8. The summed E-state index contributed by atoms with van der Waals surface area (Å²) in [6, 6.07) is 8.54. The van der Waals surface area contributed by atoms with Crippen LogP contribution in [0.25, 0.3) is 0 Å². The Morgan fingerprint density at radius 3 is 2.50 bits per heavy atom. The molecule has 2 aromatic rings. The van der Waals surface area contributed by atoms with E-state index in [2.05, 4.69) is 15.9 Å². The maximum Gasteiger partial charge on any atom is 0.288 e. The molecule has 0 bridgehead atoms. The lowest BCUT2D eigenvalue weighted by Crippen LogP contribution is -1.94. The standard InChI is InChI=1S/C14H11BrClNO3/c1-8-3-4-13(10(15)5-8)20-14-7-11(16)12(17(18)19)6-9(14)2/h3-7H,1-2H3. The third kappa shape index (κ3) is 3.11. The summed E-state index contributed by atoms with van der Waals surface area (Å²) in [7, 11) is 0. The van der Waals surface area contributed by atoms with Gasteiger partial charge in [-0.15, -0.1) is 0 Å². The number of hydrogen-bond donors (Lipinski definition) is 0. The number of rotatable bonds is 3. The molecule has 0 unspecified atom stereocenters. The summed E-state index contributed by atoms with van der Waals surface area (Å²) < 4.78 is 6.57. The highest BCUT2D eigenvalue weighted by molar-refractivity contribution is 9.10. The van der Waals surface area contributed by atoms with E-state index in [-0.39, 0.29) is 10.7 Å². The molecule has 0 radical (unpaired) electrons. The predicted molar refractivity (Wildman–Crippen MR) is 81.8 cm³/mol. The highest BCUT2D eigenvalue weighted by Gasteiger charge is 2.16. The molecule has 0 atom stereocenters. The van der Waals surface area contributed by atoms with Gasteiger partial charge in [0.2, 0.25) is 0 Å². The third-order valence-corrected chi connectivity index (χ3v) is 3.67. The summed E-state index contributed by atoms with van der Waals surface area (Å²) in [5.74, 6) is 1.12. The van der Waals surface area contributed by atoms with Gasteiger partial charge in [0, 0.05) is 12.1 Å². The zero-order valence-corrected chi connectivity index (χ0v) is 13.2. The fraction of sp³-hybridized carbons (Fsp3) is 0.143. The van der Waals surface area contributed by atoms with E-state index in [4.69, 9.17) is 16.3 Å². The quantitative estimate of drug-likeness (QED) is 0.545. The Balaban J connectivity index is 2.39. The molecule has 0 amide bonds. The van der Waals surface area contributed by atoms with E-state index in [1.54, 1.807) is 6.92 Å². The summed E-state index contributed by atoms with van der Waals surface area (Å²) in [5, 5.41) is 10.9. The van der Waals surface area contributed by atoms with Crippen LogP contribution in [-0.2, 0) is 0 Å². The van der Waals surface area contributed by atoms with Gasteiger partial charge in [-0.25, -0.2) is 0 Å². The van der Waals surface area contributed by atoms with E-state index in [0.717, 1.165) is 10.0 Å². The number of ether oxygens (including phenoxy) is 1. The molecule has 0 fully saturated rings. The van der Waals surface area contributed by atoms with Crippen LogP contribution in [0, 0.1) is 24.0 Å². The van der Waals surface area contributed by atoms with Crippen LogP contribution in [-0.4, -0.2) is 4.92 Å². The van der Waals surface area contributed by atoms with Gasteiger partial charge in [-0.05, 0) is 53.0 Å². The van der Waals surface area contributed by atoms with Gasteiger partial charge in [0.05, 0.1) is 9.40 Å². The molecular weight excluding hydrogens is 346 g/mol. The van der Waals surface area contributed by atoms with Crippen molar-refractivity contribution in [1.29, 1.82) is 0 Å². The average Bonchev–Trinajstić information content (AvgIpc) is 2.36. The zero-order chi connectivity index (χ0) is 14.9. The fourth-order valence-electron chi connectivity index (χ4n) is 1.70. The molecule has 0 spiro atoms. The van der Waals surface area contributed by atoms with E-state index in [9.17, 15) is 10.1 Å². The van der Waals surface area contributed by atoms with Crippen LogP contribution in [0.15, 0.2) is 34.8 Å². The van der Waals surface area contributed by atoms with Gasteiger partial charge in [-0.1, -0.05) is 17.7 Å². The van der Waals surface area contributed by atoms with Gasteiger partial charge in [-0.2, -0.15) is 0 Å². The lowest BCUT2D eigenvalue weighted by atomic mass is 10.2. The Morgan fingerprint density at radius 1 is 1.20 bits per heavy atom. The summed E-state index contributed by atoms with van der Waals surface area (Å²) in [4.78, 5) is 10.3. The molecule has 104 valence electrons. The highest BCUT2D eigenvalue weighted by Crippen LogP contribution is 2.36. The molecule has 2 rings (SSSR count). The Labute approximate surface area is 129 Å². The number of hydrogen-bond acceptors (Lipinski definition) is 3. The van der Waals surface area contributed by atoms with Crippen LogP contribution >= 0.6 is 27.5 Å². The molecular formula is C14H11BrClNO3. The number of nitro groups is 1. The highest BCUT2D eigenvalue weighted by atomic mass is 79.9. The van der Waals surface area contributed by atoms with Crippen LogP contribution in [0.2, 0.25) is 5.02 Å². The van der Waals surface area contributed by atoms with E-state index < -0.39 is 4.92 Å². The van der Waals surface area contributed by atoms with Crippen molar-refractivity contribution in [3.05, 3.63) is 61.1 Å². The second-order valence-corrected chi connectivity index (χ2v) is 5.62. The molecule has 0 aliphatic carbocycles. The monoisotopic (exact) mass is 355 g/mol. The summed E-state index contributed by atoms with van der Waals surface area (Å²) in [5.41, 5.74) is 1.62. The van der Waals surface area contributed by atoms with E-state index >= 15 is 0 Å². The van der Waals surface area contributed by atoms with Crippen molar-refractivity contribution < 1.29 is 9.66 Å². The van der Waals surface area contributed by atoms with Crippen LogP contribution in [0.3, 0.4) is 0 Å². The topological polar surface area (TPSA) is 52.4 Å². The third-order valence-electron chi connectivity index (χ3n) is 2.75. The van der Waals surface area contributed by atoms with Crippen LogP contribution in [0.1, 0.15) is 11.1 Å². The summed E-state index contributed by atoms with van der Waals surface area (Å²) in [6.07, 6.45) is 0. The lowest BCUT2D eigenvalue weighted by Gasteiger charge is -2.11. The Morgan fingerprint density at radius 2 is 1.90 bits per heavy atom. The van der Waals surface area contributed by atoms with Gasteiger partial charge in [0.15, 0.2) is 0 Å². The van der Waals surface area contributed by atoms with Crippen LogP contribution in [0.5, 0.6) is 11.5 Å². The molecule has 0 N–H and O–H groups in total. The number of nitro benzene ring substituents is 1. The van der Waals surface area contributed by atoms with Crippen molar-refractivity contribution in [3.63, 3.8) is 0 Å². The fourth-order valence-corrected chi connectivity index (χ4v) is 2.50. The number of aryl methyl sites for hydroxylation is 2. The SMILES string of the molecule is Cc1ccc(Oc2cc(Cl)c([N+](=O)[O-])cc2C)c(Br)c1. The second-order valence-electron chi connectivity index (χ2n) is 4.36. The molecule has 4 nitrogen and oxygen atoms in total. The maximum absolute atomic E-state index is 10.8. The van der Waals surface area contributed by atoms with Crippen molar-refractivity contribution in [2.24, 2.45) is 0 Å². The first-order valence-corrected chi connectivity index (χ1v) is 6.94. The Kier molecular flexibility index (Phi) is 4.30. The summed E-state index contributed by atoms with van der Waals surface area (Å²) >= 11 is 9.31. The minimum absolute atomic E-state index is 0.0545. The molecule has 20 heavy (non-hydrogen) atoms. The van der Waals surface area contributed by atoms with E-state index in [1.165, 1.54) is 12.1 Å². The van der Waals surface area contributed by atoms with E-state index in [0.29, 0.717) is 17.1 Å². The lowest BCUT2D eigenvalue weighted by molar-refractivity contribution is -0.384. The normalized spacial score (nSPS) is 10.4. The van der Waals surface area contributed by atoms with Crippen molar-refractivity contribution in [3.8, 4) is 11.5 Å². The molecule has 6 heteroatoms. The Hall–Kier alpha value is -1.59. The minimum Gasteiger partial charge on any atom is -0.456 e. The molecule has 0 aliphatic rings. The number of benzene rings is 2. The predicted octanol–water partition coefficient (Wildman–Crippen LogP) is 5.42. The van der Waals surface area contributed by atoms with Gasteiger partial charge < -0.3 is 4.74 Å². The Bertz CT molecular complexity index is 688. The second kappa shape index (κ2) is 5.81. The van der Waals surface area contributed by atoms with Crippen LogP contribution in [0.4, 0.5) is 5.69 Å². The molecule has 0 saturated heterocycles. The number of halogens is 2. The average molecular weight is 357 g/mol. The smallest absolute Gasteiger partial charge is 0.288 e. The van der Waals surface area contributed by atoms with Crippen LogP contribution < -0.4 is 4.74 Å².